The molecule has 2 heterocycles. The van der Waals surface area contributed by atoms with E-state index in [9.17, 15) is 0 Å². The number of allylic oxidation sites excluding steroid dienone is 2. The summed E-state index contributed by atoms with van der Waals surface area (Å²) in [6.07, 6.45) is 5.01. The SMILES string of the molecule is C1=C2Oc3cc(C4=NC(c5ccc(-c6cccc7ccccc67)cc5)NC(c5ccccc5)[N-]4)cc(-c4ccc(-c5ccc6ccccc6c5)cc4)c3C2CCC1. The highest BCUT2D eigenvalue weighted by Crippen LogP contribution is 2.51. The van der Waals surface area contributed by atoms with Crippen LogP contribution >= 0.6 is 0 Å². The van der Waals surface area contributed by atoms with Gasteiger partial charge in [-0.3, -0.25) is 0 Å². The third-order valence-corrected chi connectivity index (χ3v) is 11.9. The molecule has 8 aromatic carbocycles. The number of rotatable bonds is 6. The minimum absolute atomic E-state index is 0.259. The van der Waals surface area contributed by atoms with Crippen LogP contribution in [0.3, 0.4) is 0 Å². The molecule has 0 spiro atoms. The third kappa shape index (κ3) is 6.19. The molecule has 1 N–H and O–H groups in total. The number of nitrogens with zero attached hydrogens (tertiary/aromatic N) is 2. The summed E-state index contributed by atoms with van der Waals surface area (Å²) in [6, 6.07) is 63.2. The van der Waals surface area contributed by atoms with Crippen molar-refractivity contribution >= 4 is 27.4 Å². The fraction of sp³-hybridized carbons (Fsp3) is 0.113. The normalized spacial score (nSPS) is 18.6. The molecule has 2 aliphatic heterocycles. The maximum Gasteiger partial charge on any atom is 0.132 e. The number of hydrogen-bond acceptors (Lipinski definition) is 3. The lowest BCUT2D eigenvalue weighted by atomic mass is 9.83. The zero-order valence-corrected chi connectivity index (χ0v) is 31.5. The number of amidine groups is 1. The molecule has 3 unspecified atom stereocenters. The Labute approximate surface area is 333 Å². The molecule has 0 aromatic heterocycles. The average molecular weight is 735 g/mol. The molecule has 0 amide bonds. The van der Waals surface area contributed by atoms with Gasteiger partial charge in [-0.25, -0.2) is 0 Å². The molecule has 0 fully saturated rings. The van der Waals surface area contributed by atoms with E-state index >= 15 is 0 Å². The summed E-state index contributed by atoms with van der Waals surface area (Å²) in [7, 11) is 0. The van der Waals surface area contributed by atoms with Crippen molar-refractivity contribution in [2.24, 2.45) is 4.99 Å². The van der Waals surface area contributed by atoms with Gasteiger partial charge in [-0.2, -0.15) is 0 Å². The van der Waals surface area contributed by atoms with Gasteiger partial charge in [0.2, 0.25) is 0 Å². The molecular formula is C53H40N3O-. The van der Waals surface area contributed by atoms with Crippen molar-refractivity contribution < 1.29 is 4.74 Å². The van der Waals surface area contributed by atoms with Gasteiger partial charge in [-0.05, 0) is 115 Å². The van der Waals surface area contributed by atoms with Gasteiger partial charge >= 0.3 is 0 Å². The first-order valence-corrected chi connectivity index (χ1v) is 20.1. The van der Waals surface area contributed by atoms with E-state index < -0.39 is 0 Å². The van der Waals surface area contributed by atoms with Crippen molar-refractivity contribution in [3.63, 3.8) is 0 Å². The third-order valence-electron chi connectivity index (χ3n) is 11.9. The Kier molecular flexibility index (Phi) is 8.29. The number of ether oxygens (including phenoxy) is 1. The maximum absolute atomic E-state index is 6.70. The Morgan fingerprint density at radius 3 is 2.11 bits per heavy atom. The molecule has 0 radical (unpaired) electrons. The predicted molar refractivity (Wildman–Crippen MR) is 234 cm³/mol. The average Bonchev–Trinajstić information content (AvgIpc) is 3.67. The van der Waals surface area contributed by atoms with Crippen LogP contribution in [0, 0.1) is 0 Å². The Hall–Kier alpha value is -6.75. The van der Waals surface area contributed by atoms with Crippen molar-refractivity contribution in [1.82, 2.24) is 5.32 Å². The quantitative estimate of drug-likeness (QED) is 0.185. The predicted octanol–water partition coefficient (Wildman–Crippen LogP) is 13.7. The molecule has 4 heteroatoms. The fourth-order valence-electron chi connectivity index (χ4n) is 8.98. The first-order chi connectivity index (χ1) is 28.2. The lowest BCUT2D eigenvalue weighted by Crippen LogP contribution is -2.31. The van der Waals surface area contributed by atoms with Crippen molar-refractivity contribution in [3.05, 3.63) is 215 Å². The Balaban J connectivity index is 0.994. The van der Waals surface area contributed by atoms with Crippen LogP contribution in [0.15, 0.2) is 193 Å². The van der Waals surface area contributed by atoms with Crippen LogP contribution in [0.1, 0.15) is 59.8 Å². The molecule has 11 rings (SSSR count). The molecule has 8 aromatic rings. The second-order valence-electron chi connectivity index (χ2n) is 15.4. The van der Waals surface area contributed by atoms with E-state index in [1.165, 1.54) is 60.5 Å². The minimum Gasteiger partial charge on any atom is -0.461 e. The van der Waals surface area contributed by atoms with E-state index in [1.54, 1.807) is 0 Å². The topological polar surface area (TPSA) is 47.7 Å². The van der Waals surface area contributed by atoms with Crippen LogP contribution in [0.25, 0.3) is 60.2 Å². The van der Waals surface area contributed by atoms with Crippen LogP contribution in [0.4, 0.5) is 0 Å². The molecule has 0 saturated carbocycles. The van der Waals surface area contributed by atoms with E-state index in [0.717, 1.165) is 53.3 Å². The van der Waals surface area contributed by atoms with Gasteiger partial charge in [-0.15, -0.1) is 0 Å². The Bertz CT molecular complexity index is 2850. The van der Waals surface area contributed by atoms with E-state index in [1.807, 2.05) is 6.07 Å². The van der Waals surface area contributed by atoms with Gasteiger partial charge in [0.05, 0.1) is 0 Å². The summed E-state index contributed by atoms with van der Waals surface area (Å²) >= 11 is 0. The molecule has 0 bridgehead atoms. The van der Waals surface area contributed by atoms with Gasteiger partial charge in [-0.1, -0.05) is 164 Å². The minimum atomic E-state index is -0.298. The van der Waals surface area contributed by atoms with Crippen molar-refractivity contribution in [2.45, 2.75) is 37.5 Å². The first-order valence-electron chi connectivity index (χ1n) is 20.1. The van der Waals surface area contributed by atoms with E-state index in [4.69, 9.17) is 15.0 Å². The zero-order valence-electron chi connectivity index (χ0n) is 31.5. The maximum atomic E-state index is 6.70. The van der Waals surface area contributed by atoms with Crippen molar-refractivity contribution in [3.8, 4) is 39.1 Å². The fourth-order valence-corrected chi connectivity index (χ4v) is 8.98. The van der Waals surface area contributed by atoms with E-state index in [-0.39, 0.29) is 18.2 Å². The highest BCUT2D eigenvalue weighted by atomic mass is 16.5. The standard InChI is InChI=1S/C53H40N3O/c1-2-13-39(14-3-1)51-54-52(40-28-26-37(27-29-40)45-19-10-16-36-12-6-7-17-44(36)45)56-53(55-51)43-32-47(50-46-18-8-9-20-48(46)57-49(50)33-43)38-24-21-35(22-25-38)42-30-23-34-11-4-5-15-41(34)31-42/h1-7,10-17,19-33,46,51-52,54H,8-9,18H2/q-1. The number of aliphatic imine (C=N–C) groups is 1. The number of hydrogen-bond donors (Lipinski definition) is 1. The van der Waals surface area contributed by atoms with Crippen molar-refractivity contribution in [2.75, 3.05) is 0 Å². The summed E-state index contributed by atoms with van der Waals surface area (Å²) in [4.78, 5) is 5.35. The molecule has 274 valence electrons. The van der Waals surface area contributed by atoms with Crippen LogP contribution in [-0.2, 0) is 0 Å². The molecule has 57 heavy (non-hydrogen) atoms. The van der Waals surface area contributed by atoms with E-state index in [2.05, 4.69) is 181 Å². The largest absolute Gasteiger partial charge is 0.461 e. The lowest BCUT2D eigenvalue weighted by molar-refractivity contribution is 0.403. The number of fused-ring (bicyclic) bond motifs is 5. The smallest absolute Gasteiger partial charge is 0.132 e. The zero-order chi connectivity index (χ0) is 37.7. The molecule has 4 nitrogen and oxygen atoms in total. The molecule has 3 aliphatic rings. The van der Waals surface area contributed by atoms with Crippen LogP contribution in [0.2, 0.25) is 0 Å². The second-order valence-corrected chi connectivity index (χ2v) is 15.4. The molecule has 1 aliphatic carbocycles. The Morgan fingerprint density at radius 1 is 0.544 bits per heavy atom. The Morgan fingerprint density at radius 2 is 1.25 bits per heavy atom. The van der Waals surface area contributed by atoms with E-state index in [0.29, 0.717) is 0 Å². The highest BCUT2D eigenvalue weighted by Gasteiger charge is 2.34. The first kappa shape index (κ1) is 33.6. The van der Waals surface area contributed by atoms with Crippen LogP contribution < -0.4 is 10.1 Å². The number of benzene rings is 8. The number of nitrogens with one attached hydrogen (secondary N) is 1. The summed E-state index contributed by atoms with van der Waals surface area (Å²) in [5, 5.41) is 14.0. The van der Waals surface area contributed by atoms with Gasteiger partial charge in [0.25, 0.3) is 0 Å². The highest BCUT2D eigenvalue weighted by molar-refractivity contribution is 6.10. The van der Waals surface area contributed by atoms with Crippen LogP contribution in [0.5, 0.6) is 5.75 Å². The molecular weight excluding hydrogens is 695 g/mol. The molecule has 0 saturated heterocycles. The van der Waals surface area contributed by atoms with Crippen LogP contribution in [-0.4, -0.2) is 5.84 Å². The molecule has 3 atom stereocenters. The summed E-state index contributed by atoms with van der Waals surface area (Å²) in [5.74, 6) is 2.98. The van der Waals surface area contributed by atoms with Gasteiger partial charge < -0.3 is 20.4 Å². The van der Waals surface area contributed by atoms with Gasteiger partial charge in [0, 0.05) is 23.8 Å². The summed E-state index contributed by atoms with van der Waals surface area (Å²) < 4.78 is 6.70. The second kappa shape index (κ2) is 14.1. The van der Waals surface area contributed by atoms with Crippen molar-refractivity contribution in [1.29, 1.82) is 0 Å². The van der Waals surface area contributed by atoms with Gasteiger partial charge in [0.1, 0.15) is 11.5 Å². The monoisotopic (exact) mass is 734 g/mol. The lowest BCUT2D eigenvalue weighted by Gasteiger charge is -2.40. The summed E-state index contributed by atoms with van der Waals surface area (Å²) in [6.45, 7) is 0. The van der Waals surface area contributed by atoms with Gasteiger partial charge in [0.15, 0.2) is 0 Å². The summed E-state index contributed by atoms with van der Waals surface area (Å²) in [5.41, 5.74) is 11.6.